The van der Waals surface area contributed by atoms with Crippen LogP contribution in [0.3, 0.4) is 0 Å². The van der Waals surface area contributed by atoms with Crippen LogP contribution < -0.4 is 5.32 Å². The number of hydrogen-bond acceptors (Lipinski definition) is 5. The maximum atomic E-state index is 12.6. The second-order valence-electron chi connectivity index (χ2n) is 5.75. The molecule has 0 atom stereocenters. The van der Waals surface area contributed by atoms with Gasteiger partial charge in [0.2, 0.25) is 10.0 Å². The van der Waals surface area contributed by atoms with Crippen LogP contribution in [0.2, 0.25) is 0 Å². The summed E-state index contributed by atoms with van der Waals surface area (Å²) in [7, 11) is -3.69. The zero-order valence-electron chi connectivity index (χ0n) is 15.5. The molecule has 2 aromatic carbocycles. The Kier molecular flexibility index (Phi) is 7.73. The maximum absolute atomic E-state index is 12.6. The predicted octanol–water partition coefficient (Wildman–Crippen LogP) is 3.28. The van der Waals surface area contributed by atoms with E-state index in [1.54, 1.807) is 38.1 Å². The van der Waals surface area contributed by atoms with Crippen LogP contribution in [-0.2, 0) is 19.6 Å². The molecule has 0 spiro atoms. The van der Waals surface area contributed by atoms with Crippen LogP contribution in [0.4, 0.5) is 5.69 Å². The van der Waals surface area contributed by atoms with Crippen LogP contribution in [0.15, 0.2) is 57.9 Å². The second kappa shape index (κ2) is 9.81. The minimum atomic E-state index is -3.69. The Bertz CT molecular complexity index is 941. The number of esters is 1. The molecule has 0 unspecified atom stereocenters. The second-order valence-corrected chi connectivity index (χ2v) is 8.60. The lowest BCUT2D eigenvalue weighted by atomic mass is 10.2. The number of carbonyl (C=O) groups is 2. The molecule has 7 nitrogen and oxygen atoms in total. The normalized spacial score (nSPS) is 11.3. The quantitative estimate of drug-likeness (QED) is 0.600. The van der Waals surface area contributed by atoms with Crippen molar-refractivity contribution in [3.63, 3.8) is 0 Å². The molecule has 0 saturated carbocycles. The third-order valence-electron chi connectivity index (χ3n) is 3.88. The number of nitrogens with one attached hydrogen (secondary N) is 1. The Balaban J connectivity index is 2.02. The van der Waals surface area contributed by atoms with Gasteiger partial charge in [0.15, 0.2) is 6.61 Å². The fourth-order valence-corrected chi connectivity index (χ4v) is 4.21. The van der Waals surface area contributed by atoms with Gasteiger partial charge in [-0.05, 0) is 42.5 Å². The molecule has 28 heavy (non-hydrogen) atoms. The minimum absolute atomic E-state index is 0.00460. The standard InChI is InChI=1S/C19H21BrN2O5S/c1-3-22(4-2)28(25,26)17-7-5-6-14(12-17)19(24)27-13-18(23)21-16-10-8-15(20)9-11-16/h5-12H,3-4,13H2,1-2H3,(H,21,23). The van der Waals surface area contributed by atoms with Crippen LogP contribution in [0, 0.1) is 0 Å². The maximum Gasteiger partial charge on any atom is 0.338 e. The van der Waals surface area contributed by atoms with Crippen molar-refractivity contribution < 1.29 is 22.7 Å². The molecule has 0 bridgehead atoms. The van der Waals surface area contributed by atoms with Crippen molar-refractivity contribution in [2.75, 3.05) is 25.0 Å². The number of benzene rings is 2. The Morgan fingerprint density at radius 2 is 1.71 bits per heavy atom. The summed E-state index contributed by atoms with van der Waals surface area (Å²) >= 11 is 3.30. The molecule has 0 heterocycles. The molecule has 1 N–H and O–H groups in total. The van der Waals surface area contributed by atoms with Gasteiger partial charge in [-0.25, -0.2) is 13.2 Å². The molecule has 2 aromatic rings. The van der Waals surface area contributed by atoms with Gasteiger partial charge in [0.25, 0.3) is 5.91 Å². The Labute approximate surface area is 172 Å². The first-order valence-corrected chi connectivity index (χ1v) is 10.8. The summed E-state index contributed by atoms with van der Waals surface area (Å²) in [5, 5.41) is 2.60. The third-order valence-corrected chi connectivity index (χ3v) is 6.45. The average molecular weight is 469 g/mol. The number of rotatable bonds is 8. The summed E-state index contributed by atoms with van der Waals surface area (Å²) in [6.07, 6.45) is 0. The SMILES string of the molecule is CCN(CC)S(=O)(=O)c1cccc(C(=O)OCC(=O)Nc2ccc(Br)cc2)c1. The van der Waals surface area contributed by atoms with Gasteiger partial charge < -0.3 is 10.1 Å². The van der Waals surface area contributed by atoms with Crippen molar-refractivity contribution in [1.82, 2.24) is 4.31 Å². The number of anilines is 1. The summed E-state index contributed by atoms with van der Waals surface area (Å²) in [4.78, 5) is 24.1. The van der Waals surface area contributed by atoms with E-state index in [4.69, 9.17) is 4.74 Å². The van der Waals surface area contributed by atoms with Crippen molar-refractivity contribution in [3.05, 3.63) is 58.6 Å². The molecule has 150 valence electrons. The molecule has 0 radical (unpaired) electrons. The highest BCUT2D eigenvalue weighted by atomic mass is 79.9. The third kappa shape index (κ3) is 5.63. The highest BCUT2D eigenvalue weighted by molar-refractivity contribution is 9.10. The Hall–Kier alpha value is -2.23. The molecule has 0 aliphatic rings. The van der Waals surface area contributed by atoms with Crippen LogP contribution in [0.5, 0.6) is 0 Å². The highest BCUT2D eigenvalue weighted by Gasteiger charge is 2.23. The van der Waals surface area contributed by atoms with Gasteiger partial charge in [-0.3, -0.25) is 4.79 Å². The molecule has 0 saturated heterocycles. The fourth-order valence-electron chi connectivity index (χ4n) is 2.44. The first-order chi connectivity index (χ1) is 13.3. The summed E-state index contributed by atoms with van der Waals surface area (Å²) in [5.74, 6) is -1.27. The molecule has 0 fully saturated rings. The Morgan fingerprint density at radius 3 is 2.32 bits per heavy atom. The molecule has 9 heteroatoms. The smallest absolute Gasteiger partial charge is 0.338 e. The van der Waals surface area contributed by atoms with Crippen LogP contribution in [0.1, 0.15) is 24.2 Å². The number of amides is 1. The first-order valence-electron chi connectivity index (χ1n) is 8.60. The largest absolute Gasteiger partial charge is 0.452 e. The van der Waals surface area contributed by atoms with Crippen molar-refractivity contribution >= 4 is 43.5 Å². The number of sulfonamides is 1. The molecule has 1 amide bonds. The van der Waals surface area contributed by atoms with E-state index in [0.717, 1.165) is 4.47 Å². The van der Waals surface area contributed by atoms with E-state index >= 15 is 0 Å². The zero-order chi connectivity index (χ0) is 20.7. The molecular weight excluding hydrogens is 448 g/mol. The van der Waals surface area contributed by atoms with E-state index in [1.807, 2.05) is 0 Å². The summed E-state index contributed by atoms with van der Waals surface area (Å²) in [6, 6.07) is 12.5. The molecule has 0 aliphatic heterocycles. The summed E-state index contributed by atoms with van der Waals surface area (Å²) < 4.78 is 32.3. The zero-order valence-corrected chi connectivity index (χ0v) is 17.9. The number of hydrogen-bond donors (Lipinski definition) is 1. The number of nitrogens with zero attached hydrogens (tertiary/aromatic N) is 1. The lowest BCUT2D eigenvalue weighted by molar-refractivity contribution is -0.119. The van der Waals surface area contributed by atoms with E-state index in [-0.39, 0.29) is 10.5 Å². The highest BCUT2D eigenvalue weighted by Crippen LogP contribution is 2.18. The molecular formula is C19H21BrN2O5S. The lowest BCUT2D eigenvalue weighted by Gasteiger charge is -2.18. The van der Waals surface area contributed by atoms with Gasteiger partial charge in [0, 0.05) is 23.2 Å². The number of carbonyl (C=O) groups excluding carboxylic acids is 2. The summed E-state index contributed by atoms with van der Waals surface area (Å²) in [6.45, 7) is 3.64. The Morgan fingerprint density at radius 1 is 1.07 bits per heavy atom. The van der Waals surface area contributed by atoms with Crippen molar-refractivity contribution in [2.45, 2.75) is 18.7 Å². The monoisotopic (exact) mass is 468 g/mol. The summed E-state index contributed by atoms with van der Waals surface area (Å²) in [5.41, 5.74) is 0.626. The van der Waals surface area contributed by atoms with Gasteiger partial charge in [0.05, 0.1) is 10.5 Å². The molecule has 2 rings (SSSR count). The van der Waals surface area contributed by atoms with Gasteiger partial charge in [-0.1, -0.05) is 35.8 Å². The van der Waals surface area contributed by atoms with Crippen LogP contribution in [-0.4, -0.2) is 44.3 Å². The van der Waals surface area contributed by atoms with Crippen molar-refractivity contribution in [1.29, 1.82) is 0 Å². The number of ether oxygens (including phenoxy) is 1. The predicted molar refractivity (Wildman–Crippen MR) is 110 cm³/mol. The van der Waals surface area contributed by atoms with E-state index in [1.165, 1.54) is 28.6 Å². The van der Waals surface area contributed by atoms with Gasteiger partial charge in [0.1, 0.15) is 0 Å². The van der Waals surface area contributed by atoms with E-state index in [2.05, 4.69) is 21.2 Å². The first kappa shape index (κ1) is 22.1. The van der Waals surface area contributed by atoms with Gasteiger partial charge in [-0.2, -0.15) is 4.31 Å². The van der Waals surface area contributed by atoms with Crippen LogP contribution in [0.25, 0.3) is 0 Å². The molecule has 0 aliphatic carbocycles. The van der Waals surface area contributed by atoms with E-state index in [0.29, 0.717) is 18.8 Å². The fraction of sp³-hybridized carbons (Fsp3) is 0.263. The van der Waals surface area contributed by atoms with Crippen molar-refractivity contribution in [3.8, 4) is 0 Å². The van der Waals surface area contributed by atoms with Crippen LogP contribution >= 0.6 is 15.9 Å². The van der Waals surface area contributed by atoms with Gasteiger partial charge >= 0.3 is 5.97 Å². The average Bonchev–Trinajstić information content (AvgIpc) is 2.68. The van der Waals surface area contributed by atoms with E-state index in [9.17, 15) is 18.0 Å². The van der Waals surface area contributed by atoms with Crippen molar-refractivity contribution in [2.24, 2.45) is 0 Å². The number of halogens is 1. The van der Waals surface area contributed by atoms with Gasteiger partial charge in [-0.15, -0.1) is 0 Å². The topological polar surface area (TPSA) is 92.8 Å². The lowest BCUT2D eigenvalue weighted by Crippen LogP contribution is -2.30. The van der Waals surface area contributed by atoms with E-state index < -0.39 is 28.5 Å². The molecule has 0 aromatic heterocycles. The minimum Gasteiger partial charge on any atom is -0.452 e.